The zero-order chi connectivity index (χ0) is 14.7. The van der Waals surface area contributed by atoms with Crippen molar-refractivity contribution in [1.29, 1.82) is 0 Å². The summed E-state index contributed by atoms with van der Waals surface area (Å²) >= 11 is 0. The summed E-state index contributed by atoms with van der Waals surface area (Å²) in [6.45, 7) is 0. The fourth-order valence-corrected chi connectivity index (χ4v) is 1.94. The van der Waals surface area contributed by atoms with Gasteiger partial charge in [-0.05, 0) is 24.6 Å². The maximum absolute atomic E-state index is 13.3. The van der Waals surface area contributed by atoms with E-state index in [4.69, 9.17) is 0 Å². The molecule has 20 heavy (non-hydrogen) atoms. The summed E-state index contributed by atoms with van der Waals surface area (Å²) in [7, 11) is 1.61. The molecule has 3 N–H and O–H groups in total. The molecule has 6 nitrogen and oxygen atoms in total. The molecule has 7 heteroatoms. The second-order valence-corrected chi connectivity index (χ2v) is 4.46. The largest absolute Gasteiger partial charge is 0.388 e. The lowest BCUT2D eigenvalue weighted by atomic mass is 10.1. The summed E-state index contributed by atoms with van der Waals surface area (Å²) in [6, 6.07) is 3.04. The summed E-state index contributed by atoms with van der Waals surface area (Å²) in [6.07, 6.45) is 0.409. The molecule has 1 aromatic rings. The molecule has 1 aliphatic rings. The Balaban J connectivity index is 2.10. The topological polar surface area (TPSA) is 87.3 Å². The molecule has 106 valence electrons. The number of hydrogen-bond acceptors (Lipinski definition) is 4. The second-order valence-electron chi connectivity index (χ2n) is 4.46. The normalized spacial score (nSPS) is 18.4. The molecule has 3 amide bonds. The zero-order valence-electron chi connectivity index (χ0n) is 10.8. The molecule has 0 aliphatic carbocycles. The van der Waals surface area contributed by atoms with E-state index >= 15 is 0 Å². The van der Waals surface area contributed by atoms with Crippen LogP contribution < -0.4 is 16.0 Å². The predicted molar refractivity (Wildman–Crippen MR) is 69.6 cm³/mol. The van der Waals surface area contributed by atoms with Crippen molar-refractivity contribution in [3.05, 3.63) is 29.6 Å². The van der Waals surface area contributed by atoms with E-state index in [2.05, 4.69) is 16.0 Å². The summed E-state index contributed by atoms with van der Waals surface area (Å²) < 4.78 is 13.3. The first-order chi connectivity index (χ1) is 9.49. The number of imide groups is 1. The molecule has 0 spiro atoms. The number of carbonyl (C=O) groups excluding carboxylic acids is 3. The van der Waals surface area contributed by atoms with Gasteiger partial charge >= 0.3 is 0 Å². The van der Waals surface area contributed by atoms with E-state index in [1.807, 2.05) is 0 Å². The number of nitrogens with one attached hydrogen (secondary N) is 3. The van der Waals surface area contributed by atoms with Crippen LogP contribution in [0.5, 0.6) is 0 Å². The molecular weight excluding hydrogens is 265 g/mol. The number of hydrogen-bond donors (Lipinski definition) is 3. The van der Waals surface area contributed by atoms with E-state index in [0.29, 0.717) is 5.69 Å². The number of amides is 3. The molecule has 1 unspecified atom stereocenters. The summed E-state index contributed by atoms with van der Waals surface area (Å²) in [4.78, 5) is 34.5. The van der Waals surface area contributed by atoms with Gasteiger partial charge < -0.3 is 10.6 Å². The van der Waals surface area contributed by atoms with E-state index in [1.54, 1.807) is 7.05 Å². The van der Waals surface area contributed by atoms with Crippen molar-refractivity contribution in [3.8, 4) is 0 Å². The third-order valence-corrected chi connectivity index (χ3v) is 2.99. The molecule has 1 heterocycles. The number of anilines is 1. The Morgan fingerprint density at radius 3 is 2.75 bits per heavy atom. The quantitative estimate of drug-likeness (QED) is 0.699. The van der Waals surface area contributed by atoms with Gasteiger partial charge in [-0.15, -0.1) is 0 Å². The number of rotatable bonds is 3. The second kappa shape index (κ2) is 5.68. The molecule has 1 aromatic carbocycles. The van der Waals surface area contributed by atoms with Crippen LogP contribution in [0.2, 0.25) is 0 Å². The van der Waals surface area contributed by atoms with Gasteiger partial charge in [0.25, 0.3) is 5.91 Å². The standard InChI is InChI=1S/C13H14FN3O3/c1-15-9-5-7(4-8(14)6-9)12(19)16-10-2-3-11(18)17-13(10)20/h4-6,10,15H,2-3H2,1H3,(H,16,19)(H,17,18,20). The van der Waals surface area contributed by atoms with Crippen LogP contribution in [-0.4, -0.2) is 30.8 Å². The Morgan fingerprint density at radius 2 is 2.10 bits per heavy atom. The maximum atomic E-state index is 13.3. The van der Waals surface area contributed by atoms with Gasteiger partial charge in [-0.1, -0.05) is 0 Å². The minimum atomic E-state index is -0.776. The Labute approximate surface area is 114 Å². The highest BCUT2D eigenvalue weighted by atomic mass is 19.1. The van der Waals surface area contributed by atoms with Gasteiger partial charge in [-0.25, -0.2) is 4.39 Å². The minimum absolute atomic E-state index is 0.110. The Bertz CT molecular complexity index is 574. The van der Waals surface area contributed by atoms with E-state index in [9.17, 15) is 18.8 Å². The smallest absolute Gasteiger partial charge is 0.252 e. The maximum Gasteiger partial charge on any atom is 0.252 e. The van der Waals surface area contributed by atoms with Crippen LogP contribution in [-0.2, 0) is 9.59 Å². The lowest BCUT2D eigenvalue weighted by molar-refractivity contribution is -0.134. The van der Waals surface area contributed by atoms with Gasteiger partial charge in [-0.2, -0.15) is 0 Å². The van der Waals surface area contributed by atoms with Crippen LogP contribution >= 0.6 is 0 Å². The van der Waals surface area contributed by atoms with Crippen LogP contribution in [0, 0.1) is 5.82 Å². The molecule has 0 saturated carbocycles. The van der Waals surface area contributed by atoms with Crippen LogP contribution in [0.15, 0.2) is 18.2 Å². The van der Waals surface area contributed by atoms with Crippen molar-refractivity contribution >= 4 is 23.4 Å². The van der Waals surface area contributed by atoms with Crippen LogP contribution in [0.25, 0.3) is 0 Å². The third kappa shape index (κ3) is 3.11. The fourth-order valence-electron chi connectivity index (χ4n) is 1.94. The Hall–Kier alpha value is -2.44. The highest BCUT2D eigenvalue weighted by molar-refractivity contribution is 6.03. The molecule has 2 rings (SSSR count). The van der Waals surface area contributed by atoms with Crippen molar-refractivity contribution < 1.29 is 18.8 Å². The molecule has 1 saturated heterocycles. The van der Waals surface area contributed by atoms with Crippen molar-refractivity contribution in [2.45, 2.75) is 18.9 Å². The van der Waals surface area contributed by atoms with Gasteiger partial charge in [0.2, 0.25) is 11.8 Å². The first-order valence-corrected chi connectivity index (χ1v) is 6.12. The van der Waals surface area contributed by atoms with Gasteiger partial charge in [0, 0.05) is 24.7 Å². The van der Waals surface area contributed by atoms with Crippen LogP contribution in [0.1, 0.15) is 23.2 Å². The van der Waals surface area contributed by atoms with Crippen LogP contribution in [0.3, 0.4) is 0 Å². The van der Waals surface area contributed by atoms with Gasteiger partial charge in [-0.3, -0.25) is 19.7 Å². The first-order valence-electron chi connectivity index (χ1n) is 6.12. The minimum Gasteiger partial charge on any atom is -0.388 e. The fraction of sp³-hybridized carbons (Fsp3) is 0.308. The summed E-state index contributed by atoms with van der Waals surface area (Å²) in [5.41, 5.74) is 0.567. The van der Waals surface area contributed by atoms with Crippen molar-refractivity contribution in [2.75, 3.05) is 12.4 Å². The molecule has 0 aromatic heterocycles. The zero-order valence-corrected chi connectivity index (χ0v) is 10.8. The lowest BCUT2D eigenvalue weighted by Crippen LogP contribution is -2.52. The Kier molecular flexibility index (Phi) is 3.97. The van der Waals surface area contributed by atoms with E-state index < -0.39 is 23.7 Å². The highest BCUT2D eigenvalue weighted by Gasteiger charge is 2.28. The van der Waals surface area contributed by atoms with Gasteiger partial charge in [0.05, 0.1) is 0 Å². The van der Waals surface area contributed by atoms with E-state index in [0.717, 1.165) is 6.07 Å². The van der Waals surface area contributed by atoms with Gasteiger partial charge in [0.1, 0.15) is 11.9 Å². The van der Waals surface area contributed by atoms with Crippen molar-refractivity contribution in [2.24, 2.45) is 0 Å². The predicted octanol–water partition coefficient (Wildman–Crippen LogP) is 0.402. The summed E-state index contributed by atoms with van der Waals surface area (Å²) in [5.74, 6) is -2.01. The van der Waals surface area contributed by atoms with Gasteiger partial charge in [0.15, 0.2) is 0 Å². The van der Waals surface area contributed by atoms with Crippen molar-refractivity contribution in [1.82, 2.24) is 10.6 Å². The molecule has 1 atom stereocenters. The lowest BCUT2D eigenvalue weighted by Gasteiger charge is -2.21. The number of halogens is 1. The number of carbonyl (C=O) groups is 3. The SMILES string of the molecule is CNc1cc(F)cc(C(=O)NC2CCC(=O)NC2=O)c1. The molecule has 0 radical (unpaired) electrons. The molecule has 0 bridgehead atoms. The average Bonchev–Trinajstić information content (AvgIpc) is 2.41. The molecule has 1 fully saturated rings. The van der Waals surface area contributed by atoms with E-state index in [-0.39, 0.29) is 24.3 Å². The van der Waals surface area contributed by atoms with E-state index in [1.165, 1.54) is 12.1 Å². The number of benzene rings is 1. The van der Waals surface area contributed by atoms with Crippen molar-refractivity contribution in [3.63, 3.8) is 0 Å². The molecule has 1 aliphatic heterocycles. The average molecular weight is 279 g/mol. The van der Waals surface area contributed by atoms with Crippen LogP contribution in [0.4, 0.5) is 10.1 Å². The number of piperidine rings is 1. The third-order valence-electron chi connectivity index (χ3n) is 2.99. The molecular formula is C13H14FN3O3. The first kappa shape index (κ1) is 14.0. The Morgan fingerprint density at radius 1 is 1.35 bits per heavy atom. The highest BCUT2D eigenvalue weighted by Crippen LogP contribution is 2.14. The summed E-state index contributed by atoms with van der Waals surface area (Å²) in [5, 5.41) is 7.36. The monoisotopic (exact) mass is 279 g/mol.